The molecular weight excluding hydrogens is 305 g/mol. The molecule has 0 atom stereocenters. The van der Waals surface area contributed by atoms with Crippen molar-refractivity contribution in [2.45, 2.75) is 6.43 Å². The Morgan fingerprint density at radius 1 is 1.50 bits per heavy atom. The van der Waals surface area contributed by atoms with Crippen LogP contribution in [-0.4, -0.2) is 4.98 Å². The molecule has 1 rings (SSSR count). The van der Waals surface area contributed by atoms with Crippen LogP contribution in [0.5, 0.6) is 0 Å². The number of hydrogen-bond donors (Lipinski definition) is 0. The number of aromatic nitrogens is 1. The second kappa shape index (κ2) is 3.78. The van der Waals surface area contributed by atoms with E-state index in [0.29, 0.717) is 6.07 Å². The lowest BCUT2D eigenvalue weighted by molar-refractivity contribution is 0.149. The minimum atomic E-state index is -2.73. The average molecular weight is 307 g/mol. The van der Waals surface area contributed by atoms with Gasteiger partial charge < -0.3 is 0 Å². The normalized spacial score (nSPS) is 10.8. The quantitative estimate of drug-likeness (QED) is 0.572. The highest BCUT2D eigenvalue weighted by atomic mass is 127. The van der Waals surface area contributed by atoms with Crippen molar-refractivity contribution in [1.82, 2.24) is 4.98 Å². The van der Waals surface area contributed by atoms with E-state index in [2.05, 4.69) is 4.98 Å². The SMILES string of the molecule is Fc1cc(C(F)F)c(I)nc1Cl. The van der Waals surface area contributed by atoms with E-state index in [-0.39, 0.29) is 8.85 Å². The summed E-state index contributed by atoms with van der Waals surface area (Å²) in [5, 5.41) is -0.385. The standard InChI is InChI=1S/C6H2ClF3IN/c7-4-3(8)1-2(5(9)10)6(11)12-4/h1,5H. The lowest BCUT2D eigenvalue weighted by Gasteiger charge is -2.02. The van der Waals surface area contributed by atoms with Gasteiger partial charge in [0.15, 0.2) is 11.0 Å². The summed E-state index contributed by atoms with van der Waals surface area (Å²) >= 11 is 6.83. The van der Waals surface area contributed by atoms with Gasteiger partial charge >= 0.3 is 0 Å². The van der Waals surface area contributed by atoms with Gasteiger partial charge in [0.2, 0.25) is 0 Å². The fourth-order valence-electron chi connectivity index (χ4n) is 0.613. The van der Waals surface area contributed by atoms with Gasteiger partial charge in [0.25, 0.3) is 6.43 Å². The van der Waals surface area contributed by atoms with E-state index in [4.69, 9.17) is 11.6 Å². The zero-order valence-electron chi connectivity index (χ0n) is 5.49. The molecule has 0 saturated heterocycles. The van der Waals surface area contributed by atoms with Gasteiger partial charge in [-0.25, -0.2) is 18.2 Å². The van der Waals surface area contributed by atoms with E-state index in [9.17, 15) is 13.2 Å². The number of nitrogens with zero attached hydrogens (tertiary/aromatic N) is 1. The molecule has 12 heavy (non-hydrogen) atoms. The van der Waals surface area contributed by atoms with Crippen molar-refractivity contribution in [3.63, 3.8) is 0 Å². The van der Waals surface area contributed by atoms with Crippen LogP contribution in [0.25, 0.3) is 0 Å². The Kier molecular flexibility index (Phi) is 3.16. The van der Waals surface area contributed by atoms with Gasteiger partial charge in [0, 0.05) is 0 Å². The van der Waals surface area contributed by atoms with Crippen LogP contribution in [0.4, 0.5) is 13.2 Å². The van der Waals surface area contributed by atoms with Gasteiger partial charge in [0.05, 0.1) is 5.56 Å². The molecule has 0 N–H and O–H groups in total. The first-order chi connectivity index (χ1) is 5.52. The summed E-state index contributed by atoms with van der Waals surface area (Å²) in [6.07, 6.45) is -2.73. The third kappa shape index (κ3) is 2.01. The van der Waals surface area contributed by atoms with Crippen molar-refractivity contribution in [2.24, 2.45) is 0 Å². The third-order valence-electron chi connectivity index (χ3n) is 1.15. The fraction of sp³-hybridized carbons (Fsp3) is 0.167. The second-order valence-electron chi connectivity index (χ2n) is 1.94. The lowest BCUT2D eigenvalue weighted by atomic mass is 10.3. The van der Waals surface area contributed by atoms with E-state index in [0.717, 1.165) is 0 Å². The van der Waals surface area contributed by atoms with Crippen molar-refractivity contribution in [1.29, 1.82) is 0 Å². The zero-order valence-corrected chi connectivity index (χ0v) is 8.41. The highest BCUT2D eigenvalue weighted by Gasteiger charge is 2.15. The summed E-state index contributed by atoms with van der Waals surface area (Å²) in [4.78, 5) is 3.39. The molecule has 0 saturated carbocycles. The van der Waals surface area contributed by atoms with Crippen molar-refractivity contribution in [3.8, 4) is 0 Å². The van der Waals surface area contributed by atoms with Crippen LogP contribution in [0, 0.1) is 9.52 Å². The van der Waals surface area contributed by atoms with Crippen LogP contribution >= 0.6 is 34.2 Å². The Morgan fingerprint density at radius 2 is 2.08 bits per heavy atom. The molecule has 0 amide bonds. The molecule has 6 heteroatoms. The van der Waals surface area contributed by atoms with E-state index >= 15 is 0 Å². The number of rotatable bonds is 1. The Hall–Kier alpha value is -0.0400. The first-order valence-electron chi connectivity index (χ1n) is 2.82. The second-order valence-corrected chi connectivity index (χ2v) is 3.32. The molecular formula is C6H2ClF3IN. The Balaban J connectivity index is 3.23. The largest absolute Gasteiger partial charge is 0.266 e. The smallest absolute Gasteiger partial charge is 0.227 e. The number of halogens is 5. The number of hydrogen-bond acceptors (Lipinski definition) is 1. The molecule has 1 heterocycles. The molecule has 1 nitrogen and oxygen atoms in total. The maximum absolute atomic E-state index is 12.6. The van der Waals surface area contributed by atoms with E-state index in [1.54, 1.807) is 22.6 Å². The highest BCUT2D eigenvalue weighted by molar-refractivity contribution is 14.1. The van der Waals surface area contributed by atoms with E-state index in [1.807, 2.05) is 0 Å². The highest BCUT2D eigenvalue weighted by Crippen LogP contribution is 2.26. The van der Waals surface area contributed by atoms with Crippen LogP contribution in [0.15, 0.2) is 6.07 Å². The van der Waals surface area contributed by atoms with Crippen LogP contribution in [0.1, 0.15) is 12.0 Å². The topological polar surface area (TPSA) is 12.9 Å². The summed E-state index contributed by atoms with van der Waals surface area (Å²) in [6, 6.07) is 0.696. The Labute approximate surface area is 85.1 Å². The van der Waals surface area contributed by atoms with Crippen LogP contribution in [-0.2, 0) is 0 Å². The van der Waals surface area contributed by atoms with Gasteiger partial charge in [-0.05, 0) is 28.7 Å². The Bertz CT molecular complexity index is 305. The molecule has 66 valence electrons. The van der Waals surface area contributed by atoms with E-state index in [1.165, 1.54) is 0 Å². The summed E-state index contributed by atoms with van der Waals surface area (Å²) in [7, 11) is 0. The molecule has 0 aromatic carbocycles. The maximum atomic E-state index is 12.6. The molecule has 1 aromatic heterocycles. The van der Waals surface area contributed by atoms with Crippen LogP contribution in [0.3, 0.4) is 0 Å². The molecule has 0 aliphatic carbocycles. The summed E-state index contributed by atoms with van der Waals surface area (Å²) < 4.78 is 36.8. The minimum absolute atomic E-state index is 0.0222. The van der Waals surface area contributed by atoms with Crippen molar-refractivity contribution in [2.75, 3.05) is 0 Å². The molecule has 0 aliphatic rings. The summed E-state index contributed by atoms with van der Waals surface area (Å²) in [6.45, 7) is 0. The van der Waals surface area contributed by atoms with Gasteiger partial charge in [-0.1, -0.05) is 11.6 Å². The lowest BCUT2D eigenvalue weighted by Crippen LogP contribution is -1.96. The fourth-order valence-corrected chi connectivity index (χ4v) is 1.53. The molecule has 0 spiro atoms. The third-order valence-corrected chi connectivity index (χ3v) is 2.28. The molecule has 0 aliphatic heterocycles. The summed E-state index contributed by atoms with van der Waals surface area (Å²) in [5.41, 5.74) is -0.433. The van der Waals surface area contributed by atoms with Crippen molar-refractivity contribution in [3.05, 3.63) is 26.3 Å². The minimum Gasteiger partial charge on any atom is -0.227 e. The molecule has 1 aromatic rings. The average Bonchev–Trinajstić information content (AvgIpc) is 1.96. The Morgan fingerprint density at radius 3 is 2.58 bits per heavy atom. The molecule has 0 radical (unpaired) electrons. The van der Waals surface area contributed by atoms with Gasteiger partial charge in [-0.15, -0.1) is 0 Å². The number of pyridine rings is 1. The summed E-state index contributed by atoms with van der Waals surface area (Å²) in [5.74, 6) is -0.924. The van der Waals surface area contributed by atoms with Crippen molar-refractivity contribution >= 4 is 34.2 Å². The first kappa shape index (κ1) is 10.0. The van der Waals surface area contributed by atoms with Gasteiger partial charge in [-0.2, -0.15) is 0 Å². The zero-order chi connectivity index (χ0) is 9.30. The predicted molar refractivity (Wildman–Crippen MR) is 46.9 cm³/mol. The maximum Gasteiger partial charge on any atom is 0.266 e. The van der Waals surface area contributed by atoms with Crippen LogP contribution < -0.4 is 0 Å². The van der Waals surface area contributed by atoms with E-state index < -0.39 is 17.8 Å². The van der Waals surface area contributed by atoms with Crippen molar-refractivity contribution < 1.29 is 13.2 Å². The van der Waals surface area contributed by atoms with Gasteiger partial charge in [-0.3, -0.25) is 0 Å². The molecule has 0 bridgehead atoms. The van der Waals surface area contributed by atoms with Crippen LogP contribution in [0.2, 0.25) is 5.15 Å². The monoisotopic (exact) mass is 307 g/mol. The number of alkyl halides is 2. The molecule has 0 fully saturated rings. The predicted octanol–water partition coefficient (Wildman–Crippen LogP) is 3.42. The van der Waals surface area contributed by atoms with Gasteiger partial charge in [0.1, 0.15) is 3.70 Å². The first-order valence-corrected chi connectivity index (χ1v) is 4.27. The molecule has 0 unspecified atom stereocenters.